The van der Waals surface area contributed by atoms with Gasteiger partial charge in [-0.1, -0.05) is 6.92 Å². The van der Waals surface area contributed by atoms with E-state index < -0.39 is 0 Å². The van der Waals surface area contributed by atoms with E-state index in [2.05, 4.69) is 28.7 Å². The minimum Gasteiger partial charge on any atom is -0.492 e. The summed E-state index contributed by atoms with van der Waals surface area (Å²) in [4.78, 5) is 4.19. The highest BCUT2D eigenvalue weighted by atomic mass is 32.1. The number of hydrogen-bond donors (Lipinski definition) is 1. The van der Waals surface area contributed by atoms with Crippen molar-refractivity contribution in [3.8, 4) is 5.75 Å². The van der Waals surface area contributed by atoms with Crippen molar-refractivity contribution < 1.29 is 4.74 Å². The Kier molecular flexibility index (Phi) is 4.73. The van der Waals surface area contributed by atoms with Gasteiger partial charge in [-0.15, -0.1) is 0 Å². The summed E-state index contributed by atoms with van der Waals surface area (Å²) >= 11 is 1.70. The van der Waals surface area contributed by atoms with E-state index in [4.69, 9.17) is 10.5 Å². The lowest BCUT2D eigenvalue weighted by molar-refractivity contribution is 0.315. The van der Waals surface area contributed by atoms with Gasteiger partial charge in [0, 0.05) is 12.2 Å². The first kappa shape index (κ1) is 13.1. The van der Waals surface area contributed by atoms with Crippen LogP contribution in [0.25, 0.3) is 0 Å². The zero-order valence-electron chi connectivity index (χ0n) is 10.5. The van der Waals surface area contributed by atoms with Crippen LogP contribution in [0, 0.1) is 0 Å². The summed E-state index contributed by atoms with van der Waals surface area (Å²) in [5, 5.41) is 4.20. The molecule has 0 saturated heterocycles. The molecule has 0 aliphatic carbocycles. The number of nitrogens with two attached hydrogens (primary N) is 1. The number of pyridine rings is 1. The summed E-state index contributed by atoms with van der Waals surface area (Å²) in [6, 6.07) is 4.06. The molecule has 4 heteroatoms. The molecule has 0 aliphatic heterocycles. The van der Waals surface area contributed by atoms with Crippen LogP contribution in [0.5, 0.6) is 5.75 Å². The van der Waals surface area contributed by atoms with Gasteiger partial charge in [-0.25, -0.2) is 0 Å². The predicted molar refractivity (Wildman–Crippen MR) is 75.0 cm³/mol. The average Bonchev–Trinajstić information content (AvgIpc) is 2.89. The monoisotopic (exact) mass is 262 g/mol. The number of hydrogen-bond acceptors (Lipinski definition) is 4. The van der Waals surface area contributed by atoms with Gasteiger partial charge >= 0.3 is 0 Å². The Morgan fingerprint density at radius 1 is 1.44 bits per heavy atom. The Hall–Kier alpha value is -1.39. The van der Waals surface area contributed by atoms with Gasteiger partial charge in [0.1, 0.15) is 5.75 Å². The second kappa shape index (κ2) is 6.52. The van der Waals surface area contributed by atoms with Crippen LogP contribution < -0.4 is 10.5 Å². The molecule has 2 heterocycles. The molecule has 0 bridgehead atoms. The number of thiophene rings is 1. The highest BCUT2D eigenvalue weighted by molar-refractivity contribution is 7.07. The third kappa shape index (κ3) is 3.55. The Balaban J connectivity index is 2.03. The molecule has 1 unspecified atom stereocenters. The maximum Gasteiger partial charge on any atom is 0.137 e. The van der Waals surface area contributed by atoms with Crippen molar-refractivity contribution in [3.05, 3.63) is 46.4 Å². The molecule has 0 aliphatic rings. The Bertz CT molecular complexity index is 470. The van der Waals surface area contributed by atoms with Crippen LogP contribution in [0.4, 0.5) is 0 Å². The van der Waals surface area contributed by atoms with Crippen molar-refractivity contribution >= 4 is 11.3 Å². The molecule has 2 aromatic rings. The molecule has 0 saturated carbocycles. The van der Waals surface area contributed by atoms with Gasteiger partial charge in [-0.3, -0.25) is 4.98 Å². The molecule has 96 valence electrons. The fourth-order valence-electron chi connectivity index (χ4n) is 1.72. The molecule has 0 spiro atoms. The van der Waals surface area contributed by atoms with E-state index in [9.17, 15) is 0 Å². The zero-order valence-corrected chi connectivity index (χ0v) is 11.3. The fraction of sp³-hybridized carbons (Fsp3) is 0.357. The molecule has 2 aromatic heterocycles. The van der Waals surface area contributed by atoms with Crippen molar-refractivity contribution in [1.82, 2.24) is 4.98 Å². The summed E-state index contributed by atoms with van der Waals surface area (Å²) < 4.78 is 5.57. The van der Waals surface area contributed by atoms with E-state index >= 15 is 0 Å². The quantitative estimate of drug-likeness (QED) is 0.869. The SMILES string of the molecule is CCCOc1cncc(C(N)Cc2ccsc2)c1. The first-order valence-electron chi connectivity index (χ1n) is 6.14. The van der Waals surface area contributed by atoms with Crippen molar-refractivity contribution in [3.63, 3.8) is 0 Å². The smallest absolute Gasteiger partial charge is 0.137 e. The Morgan fingerprint density at radius 2 is 2.33 bits per heavy atom. The summed E-state index contributed by atoms with van der Waals surface area (Å²) in [6.07, 6.45) is 5.37. The fourth-order valence-corrected chi connectivity index (χ4v) is 2.40. The molecular weight excluding hydrogens is 244 g/mol. The van der Waals surface area contributed by atoms with E-state index in [1.165, 1.54) is 5.56 Å². The molecule has 0 fully saturated rings. The van der Waals surface area contributed by atoms with Crippen LogP contribution in [-0.2, 0) is 6.42 Å². The molecule has 1 atom stereocenters. The van der Waals surface area contributed by atoms with E-state index in [0.717, 1.165) is 24.2 Å². The van der Waals surface area contributed by atoms with Crippen LogP contribution in [0.3, 0.4) is 0 Å². The zero-order chi connectivity index (χ0) is 12.8. The number of rotatable bonds is 6. The van der Waals surface area contributed by atoms with Gasteiger partial charge in [0.25, 0.3) is 0 Å². The van der Waals surface area contributed by atoms with E-state index in [0.29, 0.717) is 6.61 Å². The van der Waals surface area contributed by atoms with Gasteiger partial charge in [-0.05, 0) is 46.9 Å². The largest absolute Gasteiger partial charge is 0.492 e. The molecule has 18 heavy (non-hydrogen) atoms. The maximum absolute atomic E-state index is 6.19. The Morgan fingerprint density at radius 3 is 3.06 bits per heavy atom. The van der Waals surface area contributed by atoms with Gasteiger partial charge in [0.15, 0.2) is 0 Å². The highest BCUT2D eigenvalue weighted by Gasteiger charge is 2.09. The van der Waals surface area contributed by atoms with E-state index in [1.807, 2.05) is 12.3 Å². The Labute approximate surface area is 112 Å². The summed E-state index contributed by atoms with van der Waals surface area (Å²) in [7, 11) is 0. The topological polar surface area (TPSA) is 48.1 Å². The maximum atomic E-state index is 6.19. The predicted octanol–water partition coefficient (Wildman–Crippen LogP) is 3.17. The normalized spacial score (nSPS) is 12.3. The molecule has 2 N–H and O–H groups in total. The summed E-state index contributed by atoms with van der Waals surface area (Å²) in [5.74, 6) is 0.801. The number of nitrogens with zero attached hydrogens (tertiary/aromatic N) is 1. The lowest BCUT2D eigenvalue weighted by Crippen LogP contribution is -2.13. The first-order valence-corrected chi connectivity index (χ1v) is 7.08. The van der Waals surface area contributed by atoms with Gasteiger partial charge in [0.2, 0.25) is 0 Å². The van der Waals surface area contributed by atoms with Crippen molar-refractivity contribution in [2.75, 3.05) is 6.61 Å². The molecular formula is C14H18N2OS. The highest BCUT2D eigenvalue weighted by Crippen LogP contribution is 2.20. The van der Waals surface area contributed by atoms with Crippen LogP contribution in [0.15, 0.2) is 35.3 Å². The molecule has 2 rings (SSSR count). The van der Waals surface area contributed by atoms with Crippen molar-refractivity contribution in [1.29, 1.82) is 0 Å². The third-order valence-corrected chi connectivity index (χ3v) is 3.40. The lowest BCUT2D eigenvalue weighted by Gasteiger charge is -2.12. The molecule has 0 amide bonds. The van der Waals surface area contributed by atoms with Gasteiger partial charge in [-0.2, -0.15) is 11.3 Å². The van der Waals surface area contributed by atoms with Crippen LogP contribution in [0.2, 0.25) is 0 Å². The molecule has 3 nitrogen and oxygen atoms in total. The third-order valence-electron chi connectivity index (χ3n) is 2.67. The van der Waals surface area contributed by atoms with Gasteiger partial charge < -0.3 is 10.5 Å². The first-order chi connectivity index (χ1) is 8.79. The minimum atomic E-state index is -0.0303. The summed E-state index contributed by atoms with van der Waals surface area (Å²) in [6.45, 7) is 2.80. The van der Waals surface area contributed by atoms with Crippen molar-refractivity contribution in [2.24, 2.45) is 5.73 Å². The number of aromatic nitrogens is 1. The van der Waals surface area contributed by atoms with Crippen LogP contribution in [0.1, 0.15) is 30.5 Å². The standard InChI is InChI=1S/C14H18N2OS/c1-2-4-17-13-7-12(8-16-9-13)14(15)6-11-3-5-18-10-11/h3,5,7-10,14H,2,4,6,15H2,1H3. The number of ether oxygens (including phenoxy) is 1. The minimum absolute atomic E-state index is 0.0303. The van der Waals surface area contributed by atoms with E-state index in [-0.39, 0.29) is 6.04 Å². The molecule has 0 aromatic carbocycles. The van der Waals surface area contributed by atoms with E-state index in [1.54, 1.807) is 17.5 Å². The average molecular weight is 262 g/mol. The lowest BCUT2D eigenvalue weighted by atomic mass is 10.0. The van der Waals surface area contributed by atoms with Crippen molar-refractivity contribution in [2.45, 2.75) is 25.8 Å². The molecule has 0 radical (unpaired) electrons. The van der Waals surface area contributed by atoms with Gasteiger partial charge in [0.05, 0.1) is 12.8 Å². The second-order valence-electron chi connectivity index (χ2n) is 4.24. The summed E-state index contributed by atoms with van der Waals surface area (Å²) in [5.41, 5.74) is 8.49. The van der Waals surface area contributed by atoms with Crippen LogP contribution in [-0.4, -0.2) is 11.6 Å². The van der Waals surface area contributed by atoms with Crippen LogP contribution >= 0.6 is 11.3 Å². The second-order valence-corrected chi connectivity index (χ2v) is 5.02.